The molecule has 1 saturated heterocycles. The van der Waals surface area contributed by atoms with Crippen molar-refractivity contribution >= 4 is 24.2 Å². The summed E-state index contributed by atoms with van der Waals surface area (Å²) < 4.78 is 4.91. The van der Waals surface area contributed by atoms with Crippen LogP contribution in [-0.2, 0) is 14.3 Å². The molecule has 0 aromatic carbocycles. The number of ether oxygens (including phenoxy) is 1. The van der Waals surface area contributed by atoms with Gasteiger partial charge in [0.15, 0.2) is 0 Å². The van der Waals surface area contributed by atoms with Gasteiger partial charge in [0.05, 0.1) is 13.2 Å². The van der Waals surface area contributed by atoms with Crippen molar-refractivity contribution in [2.45, 2.75) is 20.8 Å². The first-order chi connectivity index (χ1) is 9.36. The Bertz CT molecular complexity index is 337. The van der Waals surface area contributed by atoms with E-state index in [1.165, 1.54) is 0 Å². The number of rotatable bonds is 5. The molecule has 1 aliphatic heterocycles. The lowest BCUT2D eigenvalue weighted by molar-refractivity contribution is -0.144. The molecule has 124 valence electrons. The minimum absolute atomic E-state index is 0. The zero-order valence-corrected chi connectivity index (χ0v) is 14.3. The van der Waals surface area contributed by atoms with E-state index in [9.17, 15) is 9.59 Å². The number of nitrogens with zero attached hydrogens (tertiary/aromatic N) is 2. The molecule has 0 saturated carbocycles. The third kappa shape index (κ3) is 6.63. The Morgan fingerprint density at radius 2 is 1.62 bits per heavy atom. The van der Waals surface area contributed by atoms with E-state index in [-0.39, 0.29) is 29.6 Å². The summed E-state index contributed by atoms with van der Waals surface area (Å²) in [6.07, 6.45) is 0. The smallest absolute Gasteiger partial charge is 0.236 e. The number of hydrogen-bond acceptors (Lipinski definition) is 4. The second kappa shape index (κ2) is 9.23. The topological polar surface area (TPSA) is 61.9 Å². The van der Waals surface area contributed by atoms with E-state index in [2.05, 4.69) is 5.32 Å². The van der Waals surface area contributed by atoms with E-state index in [0.717, 1.165) is 0 Å². The highest BCUT2D eigenvalue weighted by atomic mass is 35.5. The summed E-state index contributed by atoms with van der Waals surface area (Å²) in [6, 6.07) is 0. The van der Waals surface area contributed by atoms with Crippen molar-refractivity contribution in [3.05, 3.63) is 0 Å². The van der Waals surface area contributed by atoms with Gasteiger partial charge in [-0.1, -0.05) is 20.8 Å². The van der Waals surface area contributed by atoms with Crippen molar-refractivity contribution < 1.29 is 14.3 Å². The predicted molar refractivity (Wildman–Crippen MR) is 84.6 cm³/mol. The first-order valence-corrected chi connectivity index (χ1v) is 7.13. The molecule has 1 heterocycles. The zero-order valence-electron chi connectivity index (χ0n) is 13.5. The molecule has 0 atom stereocenters. The van der Waals surface area contributed by atoms with Crippen LogP contribution in [0.1, 0.15) is 20.8 Å². The molecule has 0 unspecified atom stereocenters. The molecule has 0 aliphatic carbocycles. The summed E-state index contributed by atoms with van der Waals surface area (Å²) in [6.45, 7) is 9.85. The minimum atomic E-state index is -0.353. The van der Waals surface area contributed by atoms with Gasteiger partial charge < -0.3 is 19.9 Å². The first-order valence-electron chi connectivity index (χ1n) is 7.13. The fraction of sp³-hybridized carbons (Fsp3) is 0.857. The zero-order chi connectivity index (χ0) is 15.2. The Hall–Kier alpha value is -0.850. The maximum atomic E-state index is 12.1. The molecule has 21 heavy (non-hydrogen) atoms. The first kappa shape index (κ1) is 20.1. The highest BCUT2D eigenvalue weighted by Crippen LogP contribution is 2.18. The van der Waals surface area contributed by atoms with Crippen molar-refractivity contribution in [1.82, 2.24) is 15.1 Å². The molecule has 6 nitrogen and oxygen atoms in total. The van der Waals surface area contributed by atoms with Crippen molar-refractivity contribution in [3.63, 3.8) is 0 Å². The normalized spacial score (nSPS) is 15.6. The van der Waals surface area contributed by atoms with Crippen molar-refractivity contribution in [3.8, 4) is 0 Å². The van der Waals surface area contributed by atoms with Gasteiger partial charge in [0.25, 0.3) is 0 Å². The second-order valence-electron chi connectivity index (χ2n) is 6.09. The van der Waals surface area contributed by atoms with Crippen molar-refractivity contribution in [2.24, 2.45) is 5.41 Å². The van der Waals surface area contributed by atoms with Gasteiger partial charge in [0.1, 0.15) is 0 Å². The number of carbonyl (C=O) groups excluding carboxylic acids is 2. The van der Waals surface area contributed by atoms with Crippen LogP contribution in [0.15, 0.2) is 0 Å². The predicted octanol–water partition coefficient (Wildman–Crippen LogP) is 0.361. The molecule has 1 rings (SSSR count). The maximum Gasteiger partial charge on any atom is 0.236 e. The van der Waals surface area contributed by atoms with Gasteiger partial charge in [-0.15, -0.1) is 12.4 Å². The monoisotopic (exact) mass is 321 g/mol. The lowest BCUT2D eigenvalue weighted by Crippen LogP contribution is -2.54. The van der Waals surface area contributed by atoms with E-state index in [4.69, 9.17) is 4.74 Å². The van der Waals surface area contributed by atoms with Gasteiger partial charge >= 0.3 is 0 Å². The summed E-state index contributed by atoms with van der Waals surface area (Å²) in [5.74, 6) is 0.242. The van der Waals surface area contributed by atoms with Gasteiger partial charge in [-0.25, -0.2) is 0 Å². The van der Waals surface area contributed by atoms with Crippen LogP contribution in [0.4, 0.5) is 0 Å². The highest BCUT2D eigenvalue weighted by molar-refractivity contribution is 5.85. The van der Waals surface area contributed by atoms with Gasteiger partial charge in [-0.2, -0.15) is 0 Å². The van der Waals surface area contributed by atoms with Crippen LogP contribution in [-0.4, -0.2) is 74.6 Å². The molecule has 0 radical (unpaired) electrons. The number of methoxy groups -OCH3 is 1. The molecule has 2 amide bonds. The summed E-state index contributed by atoms with van der Waals surface area (Å²) in [5.41, 5.74) is -0.353. The Kier molecular flexibility index (Phi) is 8.85. The van der Waals surface area contributed by atoms with Gasteiger partial charge in [0.2, 0.25) is 11.8 Å². The largest absolute Gasteiger partial charge is 0.383 e. The van der Waals surface area contributed by atoms with Gasteiger partial charge in [-0.05, 0) is 0 Å². The summed E-state index contributed by atoms with van der Waals surface area (Å²) >= 11 is 0. The van der Waals surface area contributed by atoms with Crippen molar-refractivity contribution in [2.75, 3.05) is 53.0 Å². The Balaban J connectivity index is 0.00000400. The van der Waals surface area contributed by atoms with Crippen LogP contribution in [0, 0.1) is 5.41 Å². The van der Waals surface area contributed by atoms with Crippen LogP contribution in [0.5, 0.6) is 0 Å². The number of nitrogens with one attached hydrogen (secondary N) is 1. The van der Waals surface area contributed by atoms with Crippen molar-refractivity contribution in [1.29, 1.82) is 0 Å². The number of halogens is 1. The molecular weight excluding hydrogens is 294 g/mol. The van der Waals surface area contributed by atoms with E-state index in [1.54, 1.807) is 7.11 Å². The van der Waals surface area contributed by atoms with Crippen LogP contribution < -0.4 is 5.32 Å². The molecular formula is C14H28ClN3O3. The molecule has 1 fully saturated rings. The SMILES string of the molecule is COCCNCC(=O)N1CCN(C(=O)C(C)(C)C)CC1.Cl. The summed E-state index contributed by atoms with van der Waals surface area (Å²) in [5, 5.41) is 3.04. The van der Waals surface area contributed by atoms with E-state index in [1.807, 2.05) is 30.6 Å². The van der Waals surface area contributed by atoms with E-state index in [0.29, 0.717) is 45.9 Å². The highest BCUT2D eigenvalue weighted by Gasteiger charge is 2.30. The fourth-order valence-electron chi connectivity index (χ4n) is 2.11. The Morgan fingerprint density at radius 1 is 1.10 bits per heavy atom. The van der Waals surface area contributed by atoms with E-state index >= 15 is 0 Å². The molecule has 1 aliphatic rings. The van der Waals surface area contributed by atoms with Crippen LogP contribution in [0.3, 0.4) is 0 Å². The average molecular weight is 322 g/mol. The molecule has 0 aromatic heterocycles. The lowest BCUT2D eigenvalue weighted by atomic mass is 9.94. The van der Waals surface area contributed by atoms with Crippen LogP contribution in [0.25, 0.3) is 0 Å². The molecule has 1 N–H and O–H groups in total. The minimum Gasteiger partial charge on any atom is -0.383 e. The molecule has 0 aromatic rings. The molecule has 7 heteroatoms. The molecule has 0 bridgehead atoms. The quantitative estimate of drug-likeness (QED) is 0.743. The van der Waals surface area contributed by atoms with E-state index < -0.39 is 0 Å². The number of hydrogen-bond donors (Lipinski definition) is 1. The Morgan fingerprint density at radius 3 is 2.10 bits per heavy atom. The summed E-state index contributed by atoms with van der Waals surface area (Å²) in [4.78, 5) is 27.8. The summed E-state index contributed by atoms with van der Waals surface area (Å²) in [7, 11) is 1.63. The molecule has 0 spiro atoms. The van der Waals surface area contributed by atoms with Gasteiger partial charge in [0, 0.05) is 45.2 Å². The third-order valence-electron chi connectivity index (χ3n) is 3.32. The number of carbonyl (C=O) groups is 2. The van der Waals surface area contributed by atoms with Crippen LogP contribution >= 0.6 is 12.4 Å². The lowest BCUT2D eigenvalue weighted by Gasteiger charge is -2.37. The third-order valence-corrected chi connectivity index (χ3v) is 3.32. The Labute approximate surface area is 133 Å². The average Bonchev–Trinajstić information content (AvgIpc) is 2.41. The number of piperazine rings is 1. The fourth-order valence-corrected chi connectivity index (χ4v) is 2.11. The standard InChI is InChI=1S/C14H27N3O3.ClH/c1-14(2,3)13(19)17-8-6-16(7-9-17)12(18)11-15-5-10-20-4;/h15H,5-11H2,1-4H3;1H. The number of amides is 2. The maximum absolute atomic E-state index is 12.1. The van der Waals surface area contributed by atoms with Crippen LogP contribution in [0.2, 0.25) is 0 Å². The second-order valence-corrected chi connectivity index (χ2v) is 6.09. The van der Waals surface area contributed by atoms with Gasteiger partial charge in [-0.3, -0.25) is 9.59 Å².